The van der Waals surface area contributed by atoms with Crippen LogP contribution in [0, 0.1) is 0 Å². The second-order valence-electron chi connectivity index (χ2n) is 3.14. The molecule has 0 aliphatic carbocycles. The number of hydrogen-bond acceptors (Lipinski definition) is 2. The minimum absolute atomic E-state index is 0.872. The molecule has 0 amide bonds. The molecule has 1 aromatic rings. The topological polar surface area (TPSA) is 31.9 Å². The monoisotopic (exact) mass is 177 g/mol. The van der Waals surface area contributed by atoms with Crippen molar-refractivity contribution >= 4 is 6.08 Å². The molecular formula is C10H15N3. The highest BCUT2D eigenvalue weighted by atomic mass is 15.0. The van der Waals surface area contributed by atoms with Crippen molar-refractivity contribution in [2.45, 2.75) is 0 Å². The van der Waals surface area contributed by atoms with Gasteiger partial charge in [0.05, 0.1) is 0 Å². The Morgan fingerprint density at radius 1 is 1.69 bits per heavy atom. The standard InChI is InChI=1S/C10H15N3/c1-4-9(8-13(2)3)7-10-11-5-6-12-10/h4-7H,1,8H2,2-3H3,(H,11,12)/b9-7+. The molecule has 0 unspecified atom stereocenters. The second kappa shape index (κ2) is 4.62. The van der Waals surface area contributed by atoms with Crippen molar-refractivity contribution < 1.29 is 0 Å². The lowest BCUT2D eigenvalue weighted by molar-refractivity contribution is 0.450. The summed E-state index contributed by atoms with van der Waals surface area (Å²) in [7, 11) is 4.05. The smallest absolute Gasteiger partial charge is 0.130 e. The van der Waals surface area contributed by atoms with Crippen LogP contribution in [0.25, 0.3) is 6.08 Å². The first-order valence-electron chi connectivity index (χ1n) is 4.19. The maximum absolute atomic E-state index is 4.11. The van der Waals surface area contributed by atoms with Crippen LogP contribution in [-0.2, 0) is 0 Å². The van der Waals surface area contributed by atoms with E-state index in [0.717, 1.165) is 17.9 Å². The zero-order valence-corrected chi connectivity index (χ0v) is 8.12. The number of aromatic nitrogens is 2. The number of nitrogens with zero attached hydrogens (tertiary/aromatic N) is 2. The molecule has 0 bridgehead atoms. The molecule has 3 heteroatoms. The third-order valence-corrected chi connectivity index (χ3v) is 1.60. The van der Waals surface area contributed by atoms with Gasteiger partial charge in [-0.3, -0.25) is 0 Å². The van der Waals surface area contributed by atoms with Crippen LogP contribution in [0.4, 0.5) is 0 Å². The van der Waals surface area contributed by atoms with E-state index in [-0.39, 0.29) is 0 Å². The Morgan fingerprint density at radius 3 is 2.92 bits per heavy atom. The summed E-state index contributed by atoms with van der Waals surface area (Å²) in [4.78, 5) is 9.23. The van der Waals surface area contributed by atoms with E-state index in [1.807, 2.05) is 32.4 Å². The predicted octanol–water partition coefficient (Wildman–Crippen LogP) is 1.54. The molecule has 1 aromatic heterocycles. The predicted molar refractivity (Wildman–Crippen MR) is 55.3 cm³/mol. The number of aromatic amines is 1. The molecule has 13 heavy (non-hydrogen) atoms. The van der Waals surface area contributed by atoms with E-state index in [9.17, 15) is 0 Å². The van der Waals surface area contributed by atoms with Crippen molar-refractivity contribution in [1.29, 1.82) is 0 Å². The Bertz CT molecular complexity index is 283. The van der Waals surface area contributed by atoms with Crippen LogP contribution < -0.4 is 0 Å². The molecule has 70 valence electrons. The van der Waals surface area contributed by atoms with E-state index in [2.05, 4.69) is 21.4 Å². The molecule has 0 fully saturated rings. The lowest BCUT2D eigenvalue weighted by atomic mass is 10.2. The fourth-order valence-corrected chi connectivity index (χ4v) is 1.07. The lowest BCUT2D eigenvalue weighted by Gasteiger charge is -2.09. The molecule has 3 nitrogen and oxygen atoms in total. The average Bonchev–Trinajstić information content (AvgIpc) is 2.55. The third-order valence-electron chi connectivity index (χ3n) is 1.60. The first-order valence-corrected chi connectivity index (χ1v) is 4.19. The van der Waals surface area contributed by atoms with E-state index in [1.54, 1.807) is 6.20 Å². The summed E-state index contributed by atoms with van der Waals surface area (Å²) >= 11 is 0. The molecule has 0 aromatic carbocycles. The van der Waals surface area contributed by atoms with Crippen molar-refractivity contribution in [3.05, 3.63) is 36.4 Å². The van der Waals surface area contributed by atoms with Crippen molar-refractivity contribution in [1.82, 2.24) is 14.9 Å². The summed E-state index contributed by atoms with van der Waals surface area (Å²) in [6.45, 7) is 4.64. The molecule has 1 N–H and O–H groups in total. The molecule has 1 heterocycles. The zero-order chi connectivity index (χ0) is 9.68. The summed E-state index contributed by atoms with van der Waals surface area (Å²) in [6.07, 6.45) is 7.39. The first kappa shape index (κ1) is 9.74. The molecule has 0 spiro atoms. The van der Waals surface area contributed by atoms with Crippen LogP contribution in [0.5, 0.6) is 0 Å². The Labute approximate surface area is 78.8 Å². The summed E-state index contributed by atoms with van der Waals surface area (Å²) < 4.78 is 0. The fourth-order valence-electron chi connectivity index (χ4n) is 1.07. The van der Waals surface area contributed by atoms with Gasteiger partial charge in [0.1, 0.15) is 5.82 Å². The molecule has 0 saturated heterocycles. The van der Waals surface area contributed by atoms with Gasteiger partial charge in [-0.05, 0) is 25.7 Å². The number of hydrogen-bond donors (Lipinski definition) is 1. The molecule has 0 atom stereocenters. The molecule has 0 radical (unpaired) electrons. The van der Waals surface area contributed by atoms with Gasteiger partial charge in [-0.1, -0.05) is 12.7 Å². The van der Waals surface area contributed by atoms with Gasteiger partial charge in [0.25, 0.3) is 0 Å². The van der Waals surface area contributed by atoms with Gasteiger partial charge in [0, 0.05) is 18.9 Å². The van der Waals surface area contributed by atoms with Crippen LogP contribution in [0.2, 0.25) is 0 Å². The van der Waals surface area contributed by atoms with E-state index in [1.165, 1.54) is 0 Å². The summed E-state index contributed by atoms with van der Waals surface area (Å²) in [5.74, 6) is 0.872. The van der Waals surface area contributed by atoms with Crippen LogP contribution in [0.1, 0.15) is 5.82 Å². The van der Waals surface area contributed by atoms with E-state index in [0.29, 0.717) is 0 Å². The maximum Gasteiger partial charge on any atom is 0.130 e. The number of H-pyrrole nitrogens is 1. The van der Waals surface area contributed by atoms with Crippen molar-refractivity contribution in [3.63, 3.8) is 0 Å². The molecule has 1 rings (SSSR count). The number of likely N-dealkylation sites (N-methyl/N-ethyl adjacent to an activating group) is 1. The van der Waals surface area contributed by atoms with Gasteiger partial charge < -0.3 is 9.88 Å². The van der Waals surface area contributed by atoms with Crippen LogP contribution in [-0.4, -0.2) is 35.5 Å². The first-order chi connectivity index (χ1) is 6.22. The summed E-state index contributed by atoms with van der Waals surface area (Å²) in [5.41, 5.74) is 1.15. The third kappa shape index (κ3) is 3.25. The van der Waals surface area contributed by atoms with Crippen molar-refractivity contribution in [2.75, 3.05) is 20.6 Å². The number of imidazole rings is 1. The van der Waals surface area contributed by atoms with Gasteiger partial charge in [-0.25, -0.2) is 4.98 Å². The second-order valence-corrected chi connectivity index (χ2v) is 3.14. The normalized spacial score (nSPS) is 12.1. The van der Waals surface area contributed by atoms with Crippen molar-refractivity contribution in [2.24, 2.45) is 0 Å². The van der Waals surface area contributed by atoms with E-state index in [4.69, 9.17) is 0 Å². The van der Waals surface area contributed by atoms with E-state index >= 15 is 0 Å². The SMILES string of the molecule is C=C/C(=C\c1ncc[nH]1)CN(C)C. The summed E-state index contributed by atoms with van der Waals surface area (Å²) in [6, 6.07) is 0. The number of nitrogens with one attached hydrogen (secondary N) is 1. The van der Waals surface area contributed by atoms with Crippen LogP contribution in [0.15, 0.2) is 30.6 Å². The van der Waals surface area contributed by atoms with Gasteiger partial charge in [-0.15, -0.1) is 0 Å². The highest BCUT2D eigenvalue weighted by Gasteiger charge is 1.96. The van der Waals surface area contributed by atoms with Gasteiger partial charge in [0.15, 0.2) is 0 Å². The Balaban J connectivity index is 2.71. The highest BCUT2D eigenvalue weighted by molar-refractivity contribution is 5.49. The highest BCUT2D eigenvalue weighted by Crippen LogP contribution is 2.03. The van der Waals surface area contributed by atoms with Gasteiger partial charge in [0.2, 0.25) is 0 Å². The summed E-state index contributed by atoms with van der Waals surface area (Å²) in [5, 5.41) is 0. The van der Waals surface area contributed by atoms with Gasteiger partial charge in [-0.2, -0.15) is 0 Å². The molecule has 0 aliphatic rings. The Kier molecular flexibility index (Phi) is 3.46. The zero-order valence-electron chi connectivity index (χ0n) is 8.12. The van der Waals surface area contributed by atoms with Crippen molar-refractivity contribution in [3.8, 4) is 0 Å². The largest absolute Gasteiger partial charge is 0.345 e. The number of rotatable bonds is 4. The van der Waals surface area contributed by atoms with Crippen LogP contribution >= 0.6 is 0 Å². The molecular weight excluding hydrogens is 162 g/mol. The quantitative estimate of drug-likeness (QED) is 0.707. The molecule has 0 aliphatic heterocycles. The fraction of sp³-hybridized carbons (Fsp3) is 0.300. The van der Waals surface area contributed by atoms with Gasteiger partial charge >= 0.3 is 0 Å². The Hall–Kier alpha value is -1.35. The lowest BCUT2D eigenvalue weighted by Crippen LogP contribution is -2.14. The minimum atomic E-state index is 0.872. The Morgan fingerprint density at radius 2 is 2.46 bits per heavy atom. The molecule has 0 saturated carbocycles. The van der Waals surface area contributed by atoms with E-state index < -0.39 is 0 Å². The maximum atomic E-state index is 4.11. The minimum Gasteiger partial charge on any atom is -0.345 e. The van der Waals surface area contributed by atoms with Crippen LogP contribution in [0.3, 0.4) is 0 Å². The average molecular weight is 177 g/mol.